The first kappa shape index (κ1) is 19.8. The third-order valence-electron chi connectivity index (χ3n) is 4.27. The molecule has 0 unspecified atom stereocenters. The Balaban J connectivity index is 1.97. The number of ether oxygens (including phenoxy) is 1. The number of amides is 1. The molecule has 3 N–H and O–H groups in total. The zero-order valence-corrected chi connectivity index (χ0v) is 16.1. The maximum Gasteiger partial charge on any atom is 0.387 e. The predicted molar refractivity (Wildman–Crippen MR) is 107 cm³/mol. The first-order valence-electron chi connectivity index (χ1n) is 8.55. The summed E-state index contributed by atoms with van der Waals surface area (Å²) in [6, 6.07) is 12.9. The van der Waals surface area contributed by atoms with E-state index in [9.17, 15) is 13.6 Å². The zero-order chi connectivity index (χ0) is 20.3. The maximum absolute atomic E-state index is 13.0. The maximum atomic E-state index is 13.0. The van der Waals surface area contributed by atoms with Crippen molar-refractivity contribution in [1.29, 1.82) is 0 Å². The summed E-state index contributed by atoms with van der Waals surface area (Å²) in [5.41, 5.74) is 2.94. The summed E-state index contributed by atoms with van der Waals surface area (Å²) < 4.78 is 30.3. The van der Waals surface area contributed by atoms with E-state index in [-0.39, 0.29) is 11.7 Å². The van der Waals surface area contributed by atoms with Gasteiger partial charge in [-0.05, 0) is 44.3 Å². The number of hydrogen-bond acceptors (Lipinski definition) is 3. The standard InChI is InChI=1S/C20H19F2N3O2S/c1-11-7-9-13(10-8-11)24-18(26)16-12(2)23-20(28)25-17(16)14-5-3-4-6-15(14)27-19(21)22/h3-10,17,19H,1-2H3,(H,24,26)(H2,23,25,28)/t17-/m1/s1. The second-order valence-corrected chi connectivity index (χ2v) is 6.71. The highest BCUT2D eigenvalue weighted by Crippen LogP contribution is 2.34. The van der Waals surface area contributed by atoms with Crippen LogP contribution < -0.4 is 20.7 Å². The molecule has 1 heterocycles. The van der Waals surface area contributed by atoms with Gasteiger partial charge in [0.05, 0.1) is 11.6 Å². The summed E-state index contributed by atoms with van der Waals surface area (Å²) in [5.74, 6) is -0.395. The van der Waals surface area contributed by atoms with Crippen molar-refractivity contribution in [2.75, 3.05) is 5.32 Å². The Bertz CT molecular complexity index is 929. The Labute approximate surface area is 166 Å². The van der Waals surface area contributed by atoms with Crippen molar-refractivity contribution in [2.45, 2.75) is 26.5 Å². The number of alkyl halides is 2. The molecule has 1 atom stereocenters. The van der Waals surface area contributed by atoms with Gasteiger partial charge in [-0.2, -0.15) is 8.78 Å². The first-order valence-corrected chi connectivity index (χ1v) is 8.96. The van der Waals surface area contributed by atoms with Crippen LogP contribution >= 0.6 is 12.2 Å². The summed E-state index contributed by atoms with van der Waals surface area (Å²) in [6.07, 6.45) is 0. The van der Waals surface area contributed by atoms with Crippen LogP contribution in [-0.4, -0.2) is 17.6 Å². The molecule has 8 heteroatoms. The van der Waals surface area contributed by atoms with Crippen molar-refractivity contribution in [3.63, 3.8) is 0 Å². The molecule has 1 aliphatic heterocycles. The number of anilines is 1. The molecule has 1 aliphatic rings. The van der Waals surface area contributed by atoms with Crippen molar-refractivity contribution in [1.82, 2.24) is 10.6 Å². The SMILES string of the molecule is CC1=C(C(=O)Nc2ccc(C)cc2)[C@@H](c2ccccc2OC(F)F)NC(=S)N1. The number of benzene rings is 2. The van der Waals surface area contributed by atoms with Gasteiger partial charge in [0.15, 0.2) is 5.11 Å². The molecule has 0 spiro atoms. The van der Waals surface area contributed by atoms with Gasteiger partial charge in [-0.15, -0.1) is 0 Å². The Kier molecular flexibility index (Phi) is 5.89. The van der Waals surface area contributed by atoms with Gasteiger partial charge in [-0.1, -0.05) is 35.9 Å². The van der Waals surface area contributed by atoms with Gasteiger partial charge in [0, 0.05) is 16.9 Å². The highest BCUT2D eigenvalue weighted by molar-refractivity contribution is 7.80. The summed E-state index contributed by atoms with van der Waals surface area (Å²) >= 11 is 5.20. The molecule has 0 aliphatic carbocycles. The number of aryl methyl sites for hydroxylation is 1. The first-order chi connectivity index (χ1) is 13.3. The Hall–Kier alpha value is -3.00. The number of thiocarbonyl (C=S) groups is 1. The van der Waals surface area contributed by atoms with Crippen LogP contribution in [0.15, 0.2) is 59.8 Å². The number of nitrogens with one attached hydrogen (secondary N) is 3. The van der Waals surface area contributed by atoms with E-state index in [1.54, 1.807) is 37.3 Å². The van der Waals surface area contributed by atoms with Crippen LogP contribution in [0.1, 0.15) is 24.1 Å². The van der Waals surface area contributed by atoms with Gasteiger partial charge in [0.25, 0.3) is 5.91 Å². The highest BCUT2D eigenvalue weighted by atomic mass is 32.1. The monoisotopic (exact) mass is 403 g/mol. The number of allylic oxidation sites excluding steroid dienone is 1. The smallest absolute Gasteiger partial charge is 0.387 e. The molecule has 2 aromatic carbocycles. The summed E-state index contributed by atoms with van der Waals surface area (Å²) in [5, 5.41) is 9.02. The quantitative estimate of drug-likeness (QED) is 0.658. The minimum Gasteiger partial charge on any atom is -0.434 e. The molecule has 5 nitrogen and oxygen atoms in total. The Morgan fingerprint density at radius 1 is 1.14 bits per heavy atom. The van der Waals surface area contributed by atoms with Crippen LogP contribution in [0.2, 0.25) is 0 Å². The average Bonchev–Trinajstić information content (AvgIpc) is 2.63. The van der Waals surface area contributed by atoms with E-state index in [0.29, 0.717) is 27.6 Å². The number of carbonyl (C=O) groups is 1. The van der Waals surface area contributed by atoms with E-state index in [1.165, 1.54) is 6.07 Å². The topological polar surface area (TPSA) is 62.4 Å². The van der Waals surface area contributed by atoms with E-state index in [2.05, 4.69) is 20.7 Å². The van der Waals surface area contributed by atoms with E-state index in [0.717, 1.165) is 5.56 Å². The third kappa shape index (κ3) is 4.45. The molecule has 28 heavy (non-hydrogen) atoms. The lowest BCUT2D eigenvalue weighted by Gasteiger charge is -2.31. The molecule has 146 valence electrons. The largest absolute Gasteiger partial charge is 0.434 e. The Morgan fingerprint density at radius 3 is 2.50 bits per heavy atom. The van der Waals surface area contributed by atoms with Gasteiger partial charge < -0.3 is 20.7 Å². The van der Waals surface area contributed by atoms with E-state index >= 15 is 0 Å². The second kappa shape index (κ2) is 8.35. The minimum atomic E-state index is -2.98. The summed E-state index contributed by atoms with van der Waals surface area (Å²) in [7, 11) is 0. The fourth-order valence-corrected chi connectivity index (χ4v) is 3.26. The number of hydrogen-bond donors (Lipinski definition) is 3. The fraction of sp³-hybridized carbons (Fsp3) is 0.200. The van der Waals surface area contributed by atoms with Crippen molar-refractivity contribution in [3.8, 4) is 5.75 Å². The van der Waals surface area contributed by atoms with Gasteiger partial charge in [-0.3, -0.25) is 4.79 Å². The van der Waals surface area contributed by atoms with Crippen molar-refractivity contribution in [3.05, 3.63) is 70.9 Å². The van der Waals surface area contributed by atoms with Crippen molar-refractivity contribution < 1.29 is 18.3 Å². The summed E-state index contributed by atoms with van der Waals surface area (Å²) in [6.45, 7) is 0.676. The van der Waals surface area contributed by atoms with Crippen LogP contribution in [0.4, 0.5) is 14.5 Å². The molecule has 2 aromatic rings. The van der Waals surface area contributed by atoms with E-state index < -0.39 is 12.7 Å². The number of para-hydroxylation sites is 1. The molecule has 1 amide bonds. The van der Waals surface area contributed by atoms with Crippen LogP contribution in [0.5, 0.6) is 5.75 Å². The fourth-order valence-electron chi connectivity index (χ4n) is 2.99. The van der Waals surface area contributed by atoms with E-state index in [4.69, 9.17) is 12.2 Å². The van der Waals surface area contributed by atoms with Crippen molar-refractivity contribution >= 4 is 28.9 Å². The lowest BCUT2D eigenvalue weighted by Crippen LogP contribution is -2.45. The minimum absolute atomic E-state index is 0.0202. The number of rotatable bonds is 5. The molecule has 0 bridgehead atoms. The normalized spacial score (nSPS) is 16.5. The number of carbonyl (C=O) groups excluding carboxylic acids is 1. The molecule has 3 rings (SSSR count). The third-order valence-corrected chi connectivity index (χ3v) is 4.49. The molecule has 0 saturated heterocycles. The summed E-state index contributed by atoms with van der Waals surface area (Å²) in [4.78, 5) is 13.0. The number of halogens is 2. The second-order valence-electron chi connectivity index (χ2n) is 6.31. The zero-order valence-electron chi connectivity index (χ0n) is 15.3. The van der Waals surface area contributed by atoms with Crippen LogP contribution in [0.25, 0.3) is 0 Å². The van der Waals surface area contributed by atoms with Crippen LogP contribution in [0, 0.1) is 6.92 Å². The lowest BCUT2D eigenvalue weighted by atomic mass is 9.94. The van der Waals surface area contributed by atoms with Gasteiger partial charge in [-0.25, -0.2) is 0 Å². The molecular formula is C20H19F2N3O2S. The van der Waals surface area contributed by atoms with Crippen molar-refractivity contribution in [2.24, 2.45) is 0 Å². The molecular weight excluding hydrogens is 384 g/mol. The Morgan fingerprint density at radius 2 is 1.82 bits per heavy atom. The van der Waals surface area contributed by atoms with Crippen LogP contribution in [0.3, 0.4) is 0 Å². The highest BCUT2D eigenvalue weighted by Gasteiger charge is 2.32. The predicted octanol–water partition coefficient (Wildman–Crippen LogP) is 4.03. The van der Waals surface area contributed by atoms with Gasteiger partial charge in [0.2, 0.25) is 0 Å². The average molecular weight is 403 g/mol. The molecule has 0 aromatic heterocycles. The van der Waals surface area contributed by atoms with Gasteiger partial charge in [0.1, 0.15) is 5.75 Å². The lowest BCUT2D eigenvalue weighted by molar-refractivity contribution is -0.113. The van der Waals surface area contributed by atoms with Gasteiger partial charge >= 0.3 is 6.61 Å². The molecule has 0 saturated carbocycles. The van der Waals surface area contributed by atoms with Crippen LogP contribution in [-0.2, 0) is 4.79 Å². The molecule has 0 fully saturated rings. The van der Waals surface area contributed by atoms with E-state index in [1.807, 2.05) is 19.1 Å². The molecule has 0 radical (unpaired) electrons.